The van der Waals surface area contributed by atoms with Crippen LogP contribution < -0.4 is 0 Å². The fourth-order valence-electron chi connectivity index (χ4n) is 2.06. The molecule has 0 radical (unpaired) electrons. The van der Waals surface area contributed by atoms with Crippen LogP contribution in [0.5, 0.6) is 0 Å². The van der Waals surface area contributed by atoms with Gasteiger partial charge in [-0.15, -0.1) is 0 Å². The second-order valence-corrected chi connectivity index (χ2v) is 6.35. The number of benzene rings is 2. The Kier molecular flexibility index (Phi) is 4.69. The van der Waals surface area contributed by atoms with Crippen LogP contribution in [0.1, 0.15) is 26.3 Å². The van der Waals surface area contributed by atoms with Crippen LogP contribution in [0.3, 0.4) is 0 Å². The monoisotopic (exact) mass is 302 g/mol. The molecule has 3 heteroatoms. The van der Waals surface area contributed by atoms with E-state index in [1.807, 2.05) is 69.3 Å². The van der Waals surface area contributed by atoms with Crippen LogP contribution in [0.2, 0.25) is 5.02 Å². The maximum absolute atomic E-state index is 11.8. The number of esters is 1. The molecule has 0 aromatic heterocycles. The highest BCUT2D eigenvalue weighted by Crippen LogP contribution is 2.28. The van der Waals surface area contributed by atoms with E-state index in [-0.39, 0.29) is 12.4 Å². The van der Waals surface area contributed by atoms with Crippen LogP contribution in [0.25, 0.3) is 11.1 Å². The molecule has 0 unspecified atom stereocenters. The fraction of sp³-hybridized carbons (Fsp3) is 0.278. The van der Waals surface area contributed by atoms with Gasteiger partial charge in [0.2, 0.25) is 0 Å². The van der Waals surface area contributed by atoms with Crippen LogP contribution in [-0.4, -0.2) is 11.6 Å². The summed E-state index contributed by atoms with van der Waals surface area (Å²) in [6.07, 6.45) is 0.228. The zero-order valence-electron chi connectivity index (χ0n) is 12.5. The third kappa shape index (κ3) is 4.61. The van der Waals surface area contributed by atoms with Gasteiger partial charge in [0.15, 0.2) is 0 Å². The minimum absolute atomic E-state index is 0.228. The van der Waals surface area contributed by atoms with Gasteiger partial charge < -0.3 is 4.74 Å². The molecule has 0 atom stereocenters. The molecule has 0 fully saturated rings. The van der Waals surface area contributed by atoms with Gasteiger partial charge in [-0.25, -0.2) is 0 Å². The molecule has 0 aliphatic carbocycles. The highest BCUT2D eigenvalue weighted by atomic mass is 35.5. The zero-order valence-corrected chi connectivity index (χ0v) is 13.3. The third-order valence-corrected chi connectivity index (χ3v) is 3.20. The average Bonchev–Trinajstić information content (AvgIpc) is 2.37. The first-order chi connectivity index (χ1) is 9.85. The van der Waals surface area contributed by atoms with Crippen LogP contribution in [-0.2, 0) is 16.0 Å². The lowest BCUT2D eigenvalue weighted by Crippen LogP contribution is -2.24. The Morgan fingerprint density at radius 1 is 1.10 bits per heavy atom. The van der Waals surface area contributed by atoms with E-state index < -0.39 is 5.60 Å². The summed E-state index contributed by atoms with van der Waals surface area (Å²) < 4.78 is 5.31. The summed E-state index contributed by atoms with van der Waals surface area (Å²) in [5.41, 5.74) is 2.41. The molecule has 2 nitrogen and oxygen atoms in total. The van der Waals surface area contributed by atoms with Crippen molar-refractivity contribution in [1.82, 2.24) is 0 Å². The number of rotatable bonds is 3. The molecule has 2 aromatic carbocycles. The SMILES string of the molecule is CC(C)(C)OC(=O)Cc1ccc(-c2ccccc2)c(Cl)c1. The van der Waals surface area contributed by atoms with Crippen LogP contribution >= 0.6 is 11.6 Å². The topological polar surface area (TPSA) is 26.3 Å². The number of hydrogen-bond donors (Lipinski definition) is 0. The van der Waals surface area contributed by atoms with Crippen molar-refractivity contribution < 1.29 is 9.53 Å². The summed E-state index contributed by atoms with van der Waals surface area (Å²) in [5, 5.41) is 0.641. The number of halogens is 1. The predicted molar refractivity (Wildman–Crippen MR) is 86.4 cm³/mol. The van der Waals surface area contributed by atoms with Crippen molar-refractivity contribution in [2.75, 3.05) is 0 Å². The Labute approximate surface area is 130 Å². The van der Waals surface area contributed by atoms with E-state index in [9.17, 15) is 4.79 Å². The number of carbonyl (C=O) groups is 1. The molecule has 0 N–H and O–H groups in total. The van der Waals surface area contributed by atoms with E-state index in [4.69, 9.17) is 16.3 Å². The lowest BCUT2D eigenvalue weighted by molar-refractivity contribution is -0.153. The Morgan fingerprint density at radius 3 is 2.33 bits per heavy atom. The van der Waals surface area contributed by atoms with Crippen LogP contribution in [0.15, 0.2) is 48.5 Å². The van der Waals surface area contributed by atoms with E-state index in [0.717, 1.165) is 16.7 Å². The third-order valence-electron chi connectivity index (χ3n) is 2.89. The minimum Gasteiger partial charge on any atom is -0.460 e. The van der Waals surface area contributed by atoms with Crippen molar-refractivity contribution in [3.8, 4) is 11.1 Å². The number of ether oxygens (including phenoxy) is 1. The van der Waals surface area contributed by atoms with Gasteiger partial charge in [-0.05, 0) is 38.0 Å². The number of hydrogen-bond acceptors (Lipinski definition) is 2. The standard InChI is InChI=1S/C18H19ClO2/c1-18(2,3)21-17(20)12-13-9-10-15(16(19)11-13)14-7-5-4-6-8-14/h4-11H,12H2,1-3H3. The molecule has 0 heterocycles. The summed E-state index contributed by atoms with van der Waals surface area (Å²) >= 11 is 6.33. The first-order valence-electron chi connectivity index (χ1n) is 6.91. The molecular weight excluding hydrogens is 284 g/mol. The molecule has 2 rings (SSSR count). The Balaban J connectivity index is 2.15. The molecule has 21 heavy (non-hydrogen) atoms. The smallest absolute Gasteiger partial charge is 0.310 e. The van der Waals surface area contributed by atoms with Gasteiger partial charge in [0.25, 0.3) is 0 Å². The van der Waals surface area contributed by atoms with Gasteiger partial charge in [-0.1, -0.05) is 54.1 Å². The van der Waals surface area contributed by atoms with Crippen LogP contribution in [0, 0.1) is 0 Å². The quantitative estimate of drug-likeness (QED) is 0.754. The highest BCUT2D eigenvalue weighted by Gasteiger charge is 2.16. The van der Waals surface area contributed by atoms with Crippen molar-refractivity contribution in [1.29, 1.82) is 0 Å². The molecule has 110 valence electrons. The molecule has 0 bridgehead atoms. The Hall–Kier alpha value is -1.80. The predicted octanol–water partition coefficient (Wildman–Crippen LogP) is 4.89. The minimum atomic E-state index is -0.467. The first-order valence-corrected chi connectivity index (χ1v) is 7.29. The summed E-state index contributed by atoms with van der Waals surface area (Å²) in [6.45, 7) is 5.57. The fourth-order valence-corrected chi connectivity index (χ4v) is 2.38. The molecular formula is C18H19ClO2. The van der Waals surface area contributed by atoms with Crippen molar-refractivity contribution in [2.45, 2.75) is 32.8 Å². The Bertz CT molecular complexity index is 627. The molecule has 0 aliphatic rings. The molecule has 0 saturated heterocycles. The summed E-state index contributed by atoms with van der Waals surface area (Å²) in [7, 11) is 0. The van der Waals surface area contributed by atoms with E-state index in [2.05, 4.69) is 0 Å². The van der Waals surface area contributed by atoms with Gasteiger partial charge in [0.05, 0.1) is 6.42 Å². The lowest BCUT2D eigenvalue weighted by Gasteiger charge is -2.19. The lowest BCUT2D eigenvalue weighted by atomic mass is 10.0. The van der Waals surface area contributed by atoms with Gasteiger partial charge in [0.1, 0.15) is 5.60 Å². The number of carbonyl (C=O) groups excluding carboxylic acids is 1. The van der Waals surface area contributed by atoms with Crippen molar-refractivity contribution >= 4 is 17.6 Å². The van der Waals surface area contributed by atoms with Gasteiger partial charge >= 0.3 is 5.97 Å². The van der Waals surface area contributed by atoms with Crippen molar-refractivity contribution in [3.63, 3.8) is 0 Å². The maximum Gasteiger partial charge on any atom is 0.310 e. The van der Waals surface area contributed by atoms with E-state index in [1.165, 1.54) is 0 Å². The molecule has 0 aliphatic heterocycles. The van der Waals surface area contributed by atoms with Crippen molar-refractivity contribution in [3.05, 3.63) is 59.1 Å². The normalized spacial score (nSPS) is 11.2. The highest BCUT2D eigenvalue weighted by molar-refractivity contribution is 6.33. The van der Waals surface area contributed by atoms with Gasteiger partial charge in [-0.3, -0.25) is 4.79 Å². The van der Waals surface area contributed by atoms with E-state index >= 15 is 0 Å². The Morgan fingerprint density at radius 2 is 1.76 bits per heavy atom. The van der Waals surface area contributed by atoms with Crippen molar-refractivity contribution in [2.24, 2.45) is 0 Å². The first kappa shape index (κ1) is 15.6. The molecule has 0 saturated carbocycles. The van der Waals surface area contributed by atoms with Gasteiger partial charge in [0, 0.05) is 10.6 Å². The molecule has 0 amide bonds. The summed E-state index contributed by atoms with van der Waals surface area (Å²) in [5.74, 6) is -0.244. The maximum atomic E-state index is 11.8. The second kappa shape index (κ2) is 6.31. The largest absolute Gasteiger partial charge is 0.460 e. The molecule has 2 aromatic rings. The zero-order chi connectivity index (χ0) is 15.5. The van der Waals surface area contributed by atoms with Gasteiger partial charge in [-0.2, -0.15) is 0 Å². The summed E-state index contributed by atoms with van der Waals surface area (Å²) in [6, 6.07) is 15.6. The second-order valence-electron chi connectivity index (χ2n) is 5.94. The average molecular weight is 303 g/mol. The summed E-state index contributed by atoms with van der Waals surface area (Å²) in [4.78, 5) is 11.8. The van der Waals surface area contributed by atoms with E-state index in [0.29, 0.717) is 5.02 Å². The van der Waals surface area contributed by atoms with E-state index in [1.54, 1.807) is 0 Å². The van der Waals surface area contributed by atoms with Crippen LogP contribution in [0.4, 0.5) is 0 Å². The molecule has 0 spiro atoms.